The van der Waals surface area contributed by atoms with E-state index in [2.05, 4.69) is 4.98 Å². The van der Waals surface area contributed by atoms with E-state index in [9.17, 15) is 29.2 Å². The molecule has 66 heavy (non-hydrogen) atoms. The molecule has 3 aromatic rings. The molecule has 3 aliphatic rings. The highest BCUT2D eigenvalue weighted by Gasteiger charge is 2.60. The summed E-state index contributed by atoms with van der Waals surface area (Å²) in [5.74, 6) is -6.45. The molecule has 0 unspecified atom stereocenters. The van der Waals surface area contributed by atoms with Crippen LogP contribution in [0.1, 0.15) is 90.6 Å². The number of hydrogen-bond acceptors (Lipinski definition) is 14. The van der Waals surface area contributed by atoms with Crippen molar-refractivity contribution in [2.45, 2.75) is 129 Å². The highest BCUT2D eigenvalue weighted by molar-refractivity contribution is 6.00. The van der Waals surface area contributed by atoms with Crippen molar-refractivity contribution in [3.8, 4) is 6.07 Å². The van der Waals surface area contributed by atoms with E-state index in [-0.39, 0.29) is 43.9 Å². The Morgan fingerprint density at radius 2 is 1.68 bits per heavy atom. The number of carbonyl (C=O) groups excluding carboxylic acids is 5. The second kappa shape index (κ2) is 21.0. The summed E-state index contributed by atoms with van der Waals surface area (Å²) in [6, 6.07) is 19.0. The molecule has 15 nitrogen and oxygen atoms in total. The molecule has 0 bridgehead atoms. The predicted molar refractivity (Wildman–Crippen MR) is 245 cm³/mol. The Morgan fingerprint density at radius 1 is 0.985 bits per heavy atom. The van der Waals surface area contributed by atoms with Crippen LogP contribution in [0, 0.1) is 35.0 Å². The number of esters is 2. The molecule has 354 valence electrons. The number of para-hydroxylation sites is 1. The van der Waals surface area contributed by atoms with Gasteiger partial charge in [-0.25, -0.2) is 9.59 Å². The van der Waals surface area contributed by atoms with Crippen LogP contribution < -0.4 is 0 Å². The maximum Gasteiger partial charge on any atom is 0.411 e. The largest absolute Gasteiger partial charge is 0.458 e. The van der Waals surface area contributed by atoms with Gasteiger partial charge in [-0.2, -0.15) is 5.26 Å². The number of amides is 1. The van der Waals surface area contributed by atoms with E-state index in [1.54, 1.807) is 78.1 Å². The van der Waals surface area contributed by atoms with Crippen LogP contribution in [0.3, 0.4) is 0 Å². The Bertz CT molecular complexity index is 2320. The van der Waals surface area contributed by atoms with Gasteiger partial charge >= 0.3 is 18.0 Å². The molecular weight excluding hydrogens is 845 g/mol. The number of fused-ring (bicyclic) bond motifs is 2. The van der Waals surface area contributed by atoms with Crippen molar-refractivity contribution in [3.05, 3.63) is 84.1 Å². The van der Waals surface area contributed by atoms with Crippen molar-refractivity contribution >= 4 is 46.6 Å². The zero-order chi connectivity index (χ0) is 48.1. The zero-order valence-corrected chi connectivity index (χ0v) is 39.7. The van der Waals surface area contributed by atoms with E-state index in [4.69, 9.17) is 28.4 Å². The minimum Gasteiger partial charge on any atom is -0.458 e. The molecule has 0 saturated carbocycles. The SMILES string of the molecule is CC[C@H]1OC(=O)[C@H](C)C(=O)[C@H](C)[C@@H](O[C@@H]2O[C@H](C)C[C@H](N(C)C)[C@H]2OC(=O)c2ccccc2)[C@](C)(OC/C=C/c2cnc3ccccc3c2)C[C@@H](C)C(=O)[C@H](C)[C@H]2N(CC#N)C(=O)O[C@]12C. The summed E-state index contributed by atoms with van der Waals surface area (Å²) in [6.07, 6.45) is 0.336. The van der Waals surface area contributed by atoms with Crippen molar-refractivity contribution < 1.29 is 52.4 Å². The fourth-order valence-corrected chi connectivity index (χ4v) is 10.1. The Morgan fingerprint density at radius 3 is 2.36 bits per heavy atom. The number of likely N-dealkylation sites (N-methyl/N-ethyl adjacent to an activating group) is 1. The third kappa shape index (κ3) is 10.5. The fourth-order valence-electron chi connectivity index (χ4n) is 10.1. The van der Waals surface area contributed by atoms with Crippen LogP contribution >= 0.6 is 0 Å². The molecule has 4 heterocycles. The van der Waals surface area contributed by atoms with Crippen LogP contribution in [-0.4, -0.2) is 126 Å². The lowest BCUT2D eigenvalue weighted by Gasteiger charge is -2.48. The average molecular weight is 909 g/mol. The summed E-state index contributed by atoms with van der Waals surface area (Å²) in [6.45, 7) is 13.1. The van der Waals surface area contributed by atoms with Gasteiger partial charge in [0.1, 0.15) is 24.3 Å². The van der Waals surface area contributed by atoms with Gasteiger partial charge in [-0.1, -0.05) is 76.2 Å². The van der Waals surface area contributed by atoms with E-state index in [1.165, 1.54) is 11.8 Å². The number of Topliss-reactive ketones (excluding diaryl/α,β-unsaturated/α-hetero) is 2. The first kappa shape index (κ1) is 49.9. The lowest BCUT2D eigenvalue weighted by atomic mass is 9.73. The third-order valence-corrected chi connectivity index (χ3v) is 13.6. The molecule has 0 radical (unpaired) electrons. The first-order chi connectivity index (χ1) is 31.3. The van der Waals surface area contributed by atoms with Crippen LogP contribution in [0.25, 0.3) is 17.0 Å². The second-order valence-electron chi connectivity index (χ2n) is 18.7. The standard InChI is InChI=1S/C51H64N4O11/c1-11-40-51(8)44(55(24-23-52)49(60)66-51)32(4)41(56)30(2)28-50(7,61-25-17-18-35-27-37-21-15-16-22-38(37)53-29-35)45(33(5)42(57)34(6)46(58)63-40)65-48-43(39(54(9)10)26-31(3)62-48)64-47(59)36-19-13-12-14-20-36/h12-22,27,29-34,39-40,43-45,48H,11,24-26,28H2,1-10H3/b18-17+/t30-,31-,32+,33+,34-,39+,40-,43-,44-,45-,48+,50-,51-/m1/s1. The molecule has 2 aromatic carbocycles. The van der Waals surface area contributed by atoms with Gasteiger partial charge in [0, 0.05) is 29.3 Å². The molecule has 3 aliphatic heterocycles. The summed E-state index contributed by atoms with van der Waals surface area (Å²) in [4.78, 5) is 79.0. The number of nitrogens with zero attached hydrogens (tertiary/aromatic N) is 4. The lowest BCUT2D eigenvalue weighted by Crippen LogP contribution is -2.61. The number of rotatable bonds is 11. The number of cyclic esters (lactones) is 1. The highest BCUT2D eigenvalue weighted by atomic mass is 16.7. The summed E-state index contributed by atoms with van der Waals surface area (Å²) in [7, 11) is 3.75. The number of hydrogen-bond donors (Lipinski definition) is 0. The number of ether oxygens (including phenoxy) is 6. The van der Waals surface area contributed by atoms with E-state index < -0.39 is 89.3 Å². The molecule has 0 spiro atoms. The van der Waals surface area contributed by atoms with Crippen molar-refractivity contribution in [1.29, 1.82) is 5.26 Å². The topological polar surface area (TPSA) is 184 Å². The van der Waals surface area contributed by atoms with Gasteiger partial charge in [-0.05, 0) is 90.9 Å². The minimum atomic E-state index is -1.55. The Balaban J connectivity index is 1.45. The van der Waals surface area contributed by atoms with Gasteiger partial charge in [0.2, 0.25) is 0 Å². The Hall–Kier alpha value is -5.53. The van der Waals surface area contributed by atoms with Gasteiger partial charge in [-0.15, -0.1) is 0 Å². The number of pyridine rings is 1. The highest BCUT2D eigenvalue weighted by Crippen LogP contribution is 2.43. The number of benzene rings is 2. The van der Waals surface area contributed by atoms with E-state index in [0.29, 0.717) is 12.0 Å². The van der Waals surface area contributed by atoms with Crippen molar-refractivity contribution in [3.63, 3.8) is 0 Å². The summed E-state index contributed by atoms with van der Waals surface area (Å²) >= 11 is 0. The summed E-state index contributed by atoms with van der Waals surface area (Å²) in [5.41, 5.74) is -1.04. The molecule has 1 amide bonds. The van der Waals surface area contributed by atoms with Crippen LogP contribution in [0.2, 0.25) is 0 Å². The van der Waals surface area contributed by atoms with Crippen molar-refractivity contribution in [2.75, 3.05) is 27.2 Å². The van der Waals surface area contributed by atoms with Crippen LogP contribution in [0.15, 0.2) is 72.9 Å². The molecule has 13 atom stereocenters. The van der Waals surface area contributed by atoms with Crippen molar-refractivity contribution in [2.24, 2.45) is 23.7 Å². The monoisotopic (exact) mass is 908 g/mol. The molecule has 0 N–H and O–H groups in total. The minimum absolute atomic E-state index is 0.00972. The molecule has 0 aliphatic carbocycles. The quantitative estimate of drug-likeness (QED) is 0.0814. The second-order valence-corrected chi connectivity index (χ2v) is 18.7. The van der Waals surface area contributed by atoms with E-state index >= 15 is 0 Å². The van der Waals surface area contributed by atoms with Crippen molar-refractivity contribution in [1.82, 2.24) is 14.8 Å². The normalized spacial score (nSPS) is 33.5. The molecule has 3 saturated heterocycles. The van der Waals surface area contributed by atoms with Crippen LogP contribution in [-0.2, 0) is 42.8 Å². The number of aromatic nitrogens is 1. The summed E-state index contributed by atoms with van der Waals surface area (Å²) in [5, 5.41) is 10.8. The Labute approximate surface area is 387 Å². The van der Waals surface area contributed by atoms with Crippen LogP contribution in [0.4, 0.5) is 4.79 Å². The van der Waals surface area contributed by atoms with Gasteiger partial charge in [0.15, 0.2) is 23.8 Å². The molecule has 3 fully saturated rings. The van der Waals surface area contributed by atoms with Gasteiger partial charge in [0.25, 0.3) is 0 Å². The average Bonchev–Trinajstić information content (AvgIpc) is 3.56. The van der Waals surface area contributed by atoms with Gasteiger partial charge in [0.05, 0.1) is 53.6 Å². The molecule has 6 rings (SSSR count). The van der Waals surface area contributed by atoms with Gasteiger partial charge < -0.3 is 33.3 Å². The lowest BCUT2D eigenvalue weighted by molar-refractivity contribution is -0.296. The summed E-state index contributed by atoms with van der Waals surface area (Å²) < 4.78 is 38.8. The predicted octanol–water partition coefficient (Wildman–Crippen LogP) is 7.21. The van der Waals surface area contributed by atoms with E-state index in [1.807, 2.05) is 74.5 Å². The third-order valence-electron chi connectivity index (χ3n) is 13.6. The maximum absolute atomic E-state index is 14.9. The first-order valence-corrected chi connectivity index (χ1v) is 22.9. The zero-order valence-electron chi connectivity index (χ0n) is 39.7. The van der Waals surface area contributed by atoms with E-state index in [0.717, 1.165) is 16.5 Å². The number of carbonyl (C=O) groups is 5. The number of ketones is 2. The first-order valence-electron chi connectivity index (χ1n) is 22.9. The number of nitriles is 1. The smallest absolute Gasteiger partial charge is 0.411 e. The molecule has 1 aromatic heterocycles. The van der Waals surface area contributed by atoms with Crippen LogP contribution in [0.5, 0.6) is 0 Å². The Kier molecular flexibility index (Phi) is 15.9. The molecular formula is C51H64N4O11. The van der Waals surface area contributed by atoms with Gasteiger partial charge in [-0.3, -0.25) is 24.3 Å². The fraction of sp³-hybridized carbons (Fsp3) is 0.549. The maximum atomic E-state index is 14.9. The molecule has 15 heteroatoms.